The Hall–Kier alpha value is -7.17. The van der Waals surface area contributed by atoms with E-state index < -0.39 is 35.5 Å². The third-order valence-electron chi connectivity index (χ3n) is 12.8. The molecule has 2 saturated heterocycles. The Morgan fingerprint density at radius 2 is 0.710 bits per heavy atom. The number of anilines is 2. The van der Waals surface area contributed by atoms with Crippen LogP contribution in [0.1, 0.15) is 147 Å². The first-order chi connectivity index (χ1) is 32.4. The zero-order valence-electron chi connectivity index (χ0n) is 40.9. The number of rotatable bonds is 10. The fourth-order valence-electron chi connectivity index (χ4n) is 8.52. The highest BCUT2D eigenvalue weighted by molar-refractivity contribution is 6.52. The molecule has 2 atom stereocenters. The van der Waals surface area contributed by atoms with Crippen molar-refractivity contribution >= 4 is 58.7 Å². The van der Waals surface area contributed by atoms with E-state index in [9.17, 15) is 29.4 Å². The average molecular weight is 946 g/mol. The third kappa shape index (κ3) is 10.6. The summed E-state index contributed by atoms with van der Waals surface area (Å²) in [6.45, 7) is 20.5. The van der Waals surface area contributed by atoms with Crippen LogP contribution in [0.15, 0.2) is 145 Å². The van der Waals surface area contributed by atoms with Gasteiger partial charge in [0.05, 0.1) is 47.0 Å². The summed E-state index contributed by atoms with van der Waals surface area (Å²) in [5, 5.41) is 22.6. The zero-order valence-corrected chi connectivity index (χ0v) is 41.7. The number of carbonyl (C=O) groups is 4. The first kappa shape index (κ1) is 51.2. The Morgan fingerprint density at radius 3 is 0.957 bits per heavy atom. The molecule has 0 bridgehead atoms. The van der Waals surface area contributed by atoms with Gasteiger partial charge in [0, 0.05) is 22.5 Å². The first-order valence-electron chi connectivity index (χ1n) is 23.3. The summed E-state index contributed by atoms with van der Waals surface area (Å²) in [7, 11) is 0. The summed E-state index contributed by atoms with van der Waals surface area (Å²) >= 11 is 0. The molecule has 2 amide bonds. The molecule has 4 heterocycles. The fraction of sp³-hybridized carbons (Fsp3) is 0.276. The number of carbonyl (C=O) groups excluding carboxylic acids is 4. The number of hydrogen-bond donors (Lipinski definition) is 2. The number of aryl methyl sites for hydroxylation is 2. The first-order valence-corrected chi connectivity index (χ1v) is 23.3. The molecule has 0 saturated carbocycles. The lowest BCUT2D eigenvalue weighted by atomic mass is 9.92. The molecule has 2 N–H and O–H groups in total. The second kappa shape index (κ2) is 21.4. The Morgan fingerprint density at radius 1 is 0.435 bits per heavy atom. The van der Waals surface area contributed by atoms with Gasteiger partial charge < -0.3 is 10.2 Å². The van der Waals surface area contributed by atoms with Crippen molar-refractivity contribution in [1.29, 1.82) is 0 Å². The smallest absolute Gasteiger partial charge is 0.300 e. The van der Waals surface area contributed by atoms with E-state index in [1.807, 2.05) is 86.6 Å². The molecular weight excluding hydrogens is 884 g/mol. The number of aromatic nitrogens is 2. The minimum absolute atomic E-state index is 0. The molecule has 2 aliphatic heterocycles. The van der Waals surface area contributed by atoms with Crippen molar-refractivity contribution in [1.82, 2.24) is 9.97 Å². The van der Waals surface area contributed by atoms with E-state index in [0.29, 0.717) is 46.2 Å². The van der Waals surface area contributed by atoms with Gasteiger partial charge in [0.15, 0.2) is 0 Å². The predicted molar refractivity (Wildman–Crippen MR) is 277 cm³/mol. The quantitative estimate of drug-likeness (QED) is 0.0786. The van der Waals surface area contributed by atoms with Crippen LogP contribution in [0.4, 0.5) is 11.4 Å². The second-order valence-corrected chi connectivity index (χ2v) is 18.8. The highest BCUT2D eigenvalue weighted by atomic mass is 35.5. The topological polar surface area (TPSA) is 141 Å². The molecule has 2 fully saturated rings. The SMILES string of the molecule is Cc1ccc(N2C(=O)C(=O)C(=C(O)c3ccc(C(C)C)cc3)C2c2ccc(C(C)C)cc2)cn1.Cc1ccc(N2C(=O)C(=O)C(=C(O)c3ccc(C(C)C)cc3)C2c2ccc(C(C)C)cc2)cn1.Cl. The molecule has 2 aliphatic rings. The Labute approximate surface area is 411 Å². The number of pyridine rings is 2. The lowest BCUT2D eigenvalue weighted by molar-refractivity contribution is -0.132. The van der Waals surface area contributed by atoms with Crippen LogP contribution in [-0.2, 0) is 19.2 Å². The second-order valence-electron chi connectivity index (χ2n) is 18.8. The lowest BCUT2D eigenvalue weighted by Crippen LogP contribution is -2.29. The normalized spacial score (nSPS) is 17.5. The lowest BCUT2D eigenvalue weighted by Gasteiger charge is -2.25. The van der Waals surface area contributed by atoms with E-state index >= 15 is 0 Å². The summed E-state index contributed by atoms with van der Waals surface area (Å²) in [5.41, 5.74) is 9.90. The summed E-state index contributed by atoms with van der Waals surface area (Å²) in [4.78, 5) is 64.5. The van der Waals surface area contributed by atoms with Gasteiger partial charge in [-0.25, -0.2) is 0 Å². The molecule has 0 aliphatic carbocycles. The number of nitrogens with zero attached hydrogens (tertiary/aromatic N) is 4. The Kier molecular flexibility index (Phi) is 15.9. The summed E-state index contributed by atoms with van der Waals surface area (Å²) in [5.74, 6) is -1.72. The van der Waals surface area contributed by atoms with E-state index in [4.69, 9.17) is 0 Å². The molecule has 10 nitrogen and oxygen atoms in total. The molecule has 4 aromatic carbocycles. The predicted octanol–water partition coefficient (Wildman–Crippen LogP) is 12.9. The van der Waals surface area contributed by atoms with E-state index in [2.05, 4.69) is 65.4 Å². The molecule has 6 aromatic rings. The number of Topliss-reactive ketones (excluding diaryl/α,β-unsaturated/α-hetero) is 2. The molecule has 0 spiro atoms. The van der Waals surface area contributed by atoms with Crippen LogP contribution in [0.25, 0.3) is 11.5 Å². The van der Waals surface area contributed by atoms with Crippen LogP contribution in [-0.4, -0.2) is 43.6 Å². The van der Waals surface area contributed by atoms with Crippen molar-refractivity contribution < 1.29 is 29.4 Å². The van der Waals surface area contributed by atoms with Crippen molar-refractivity contribution in [2.24, 2.45) is 0 Å². The maximum Gasteiger partial charge on any atom is 0.300 e. The van der Waals surface area contributed by atoms with Gasteiger partial charge >= 0.3 is 0 Å². The van der Waals surface area contributed by atoms with Gasteiger partial charge in [0.1, 0.15) is 11.5 Å². The zero-order chi connectivity index (χ0) is 49.1. The standard InChI is InChI=1S/2C29H30N2O3.ClH/c2*1-17(2)20-7-11-22(12-8-20)26-25(27(32)23-13-9-21(10-14-23)18(3)4)28(33)29(34)31(26)24-15-6-19(5)30-16-24;/h2*6-18,26,32H,1-5H3;1H. The number of aliphatic hydroxyl groups is 2. The van der Waals surface area contributed by atoms with Crippen molar-refractivity contribution in [3.8, 4) is 0 Å². The van der Waals surface area contributed by atoms with E-state index in [0.717, 1.165) is 44.8 Å². The van der Waals surface area contributed by atoms with Gasteiger partial charge in [0.25, 0.3) is 23.4 Å². The summed E-state index contributed by atoms with van der Waals surface area (Å²) in [6.07, 6.45) is 3.18. The van der Waals surface area contributed by atoms with Crippen molar-refractivity contribution in [2.45, 2.75) is 105 Å². The highest BCUT2D eigenvalue weighted by Crippen LogP contribution is 2.44. The van der Waals surface area contributed by atoms with Crippen LogP contribution >= 0.6 is 12.4 Å². The minimum Gasteiger partial charge on any atom is -0.507 e. The van der Waals surface area contributed by atoms with Gasteiger partial charge in [-0.05, 0) is 95.2 Å². The minimum atomic E-state index is -0.754. The van der Waals surface area contributed by atoms with E-state index in [1.165, 1.54) is 9.80 Å². The maximum atomic E-state index is 13.3. The van der Waals surface area contributed by atoms with Crippen molar-refractivity contribution in [3.05, 3.63) is 201 Å². The number of aliphatic hydroxyl groups excluding tert-OH is 2. The van der Waals surface area contributed by atoms with Crippen LogP contribution in [0.2, 0.25) is 0 Å². The molecule has 8 rings (SSSR count). The molecule has 2 unspecified atom stereocenters. The Bertz CT molecular complexity index is 2680. The molecular formula is C58H61ClN4O6. The number of ketones is 2. The summed E-state index contributed by atoms with van der Waals surface area (Å²) in [6, 6.07) is 36.3. The fourth-order valence-corrected chi connectivity index (χ4v) is 8.52. The van der Waals surface area contributed by atoms with Crippen LogP contribution in [0, 0.1) is 13.8 Å². The number of halogens is 1. The monoisotopic (exact) mass is 944 g/mol. The number of hydrogen-bond acceptors (Lipinski definition) is 8. The molecule has 11 heteroatoms. The summed E-state index contributed by atoms with van der Waals surface area (Å²) < 4.78 is 0. The highest BCUT2D eigenvalue weighted by Gasteiger charge is 2.48. The van der Waals surface area contributed by atoms with Crippen LogP contribution in [0.3, 0.4) is 0 Å². The Balaban J connectivity index is 0.000000224. The molecule has 356 valence electrons. The van der Waals surface area contributed by atoms with Gasteiger partial charge in [-0.3, -0.25) is 38.9 Å². The van der Waals surface area contributed by atoms with Crippen LogP contribution in [0.5, 0.6) is 0 Å². The molecule has 2 aromatic heterocycles. The van der Waals surface area contributed by atoms with Crippen molar-refractivity contribution in [3.63, 3.8) is 0 Å². The molecule has 69 heavy (non-hydrogen) atoms. The number of amides is 2. The van der Waals surface area contributed by atoms with Gasteiger partial charge in [0.2, 0.25) is 0 Å². The maximum absolute atomic E-state index is 13.3. The third-order valence-corrected chi connectivity index (χ3v) is 12.8. The van der Waals surface area contributed by atoms with E-state index in [1.54, 1.807) is 60.9 Å². The van der Waals surface area contributed by atoms with Gasteiger partial charge in [-0.15, -0.1) is 12.4 Å². The van der Waals surface area contributed by atoms with Gasteiger partial charge in [-0.1, -0.05) is 152 Å². The van der Waals surface area contributed by atoms with E-state index in [-0.39, 0.29) is 35.1 Å². The van der Waals surface area contributed by atoms with Crippen LogP contribution < -0.4 is 9.80 Å². The average Bonchev–Trinajstić information content (AvgIpc) is 3.76. The largest absolute Gasteiger partial charge is 0.507 e. The van der Waals surface area contributed by atoms with Gasteiger partial charge in [-0.2, -0.15) is 0 Å². The van der Waals surface area contributed by atoms with Crippen molar-refractivity contribution in [2.75, 3.05) is 9.80 Å². The molecule has 0 radical (unpaired) electrons. The number of benzene rings is 4.